The first-order valence-corrected chi connectivity index (χ1v) is 18.9. The van der Waals surface area contributed by atoms with Gasteiger partial charge in [0.15, 0.2) is 9.84 Å². The fourth-order valence-electron chi connectivity index (χ4n) is 5.51. The van der Waals surface area contributed by atoms with Crippen molar-refractivity contribution < 1.29 is 32.7 Å². The van der Waals surface area contributed by atoms with E-state index in [0.29, 0.717) is 18.5 Å². The molecule has 276 valence electrons. The first-order chi connectivity index (χ1) is 24.0. The van der Waals surface area contributed by atoms with E-state index in [4.69, 9.17) is 5.73 Å². The summed E-state index contributed by atoms with van der Waals surface area (Å²) in [7, 11) is -3.61. The van der Waals surface area contributed by atoms with Crippen molar-refractivity contribution in [3.05, 3.63) is 101 Å². The van der Waals surface area contributed by atoms with Crippen LogP contribution in [0.1, 0.15) is 79.3 Å². The Bertz CT molecular complexity index is 1730. The molecule has 12 nitrogen and oxygen atoms in total. The first-order valence-electron chi connectivity index (χ1n) is 17.1. The molecule has 0 aromatic heterocycles. The van der Waals surface area contributed by atoms with Crippen LogP contribution >= 0.6 is 0 Å². The van der Waals surface area contributed by atoms with E-state index >= 15 is 0 Å². The molecule has 0 fully saturated rings. The fourth-order valence-corrected chi connectivity index (χ4v) is 6.70. The molecule has 0 spiro atoms. The number of rotatable bonds is 19. The lowest BCUT2D eigenvalue weighted by Gasteiger charge is -2.29. The third-order valence-electron chi connectivity index (χ3n) is 8.31. The fraction of sp³-hybridized carbons (Fsp3) is 0.421. The average molecular weight is 722 g/mol. The second kappa shape index (κ2) is 19.0. The van der Waals surface area contributed by atoms with Gasteiger partial charge >= 0.3 is 0 Å². The minimum atomic E-state index is -3.61. The molecule has 7 N–H and O–H groups in total. The van der Waals surface area contributed by atoms with Gasteiger partial charge in [-0.25, -0.2) is 8.42 Å². The number of hydrogen-bond acceptors (Lipinski definition) is 8. The van der Waals surface area contributed by atoms with Crippen LogP contribution in [0.5, 0.6) is 0 Å². The van der Waals surface area contributed by atoms with Crippen LogP contribution in [-0.4, -0.2) is 61.2 Å². The standard InChI is InChI=1S/C38H51N5O7S/c1-24(2)16-32(33(44)17-26(5)36(46)43-34(25(3)4)38(48)40-21-27-12-8-6-9-13-27)42-37(47)30-18-29(35(39)45)19-31(20-30)41-23-51(49,50)22-28-14-10-7-11-15-28/h6-15,18-20,24-26,32-34,41,44H,16-17,21-23H2,1-5H3,(H2,39,45)(H,40,48)(H,42,47)(H,43,46)/t26-,32+,33+,34+/m1/s1. The Morgan fingerprint density at radius 2 is 1.35 bits per heavy atom. The van der Waals surface area contributed by atoms with E-state index in [0.717, 1.165) is 5.56 Å². The summed E-state index contributed by atoms with van der Waals surface area (Å²) in [6, 6.07) is 20.6. The molecular weight excluding hydrogens is 671 g/mol. The van der Waals surface area contributed by atoms with Gasteiger partial charge in [0.25, 0.3) is 5.91 Å². The zero-order valence-electron chi connectivity index (χ0n) is 29.9. The molecule has 0 unspecified atom stereocenters. The van der Waals surface area contributed by atoms with Gasteiger partial charge in [0.1, 0.15) is 11.9 Å². The van der Waals surface area contributed by atoms with E-state index in [2.05, 4.69) is 21.3 Å². The van der Waals surface area contributed by atoms with Crippen LogP contribution in [0.2, 0.25) is 0 Å². The van der Waals surface area contributed by atoms with Gasteiger partial charge in [-0.15, -0.1) is 0 Å². The Kier molecular flexibility index (Phi) is 15.2. The van der Waals surface area contributed by atoms with Gasteiger partial charge in [0.2, 0.25) is 17.7 Å². The number of anilines is 1. The zero-order chi connectivity index (χ0) is 37.7. The van der Waals surface area contributed by atoms with Crippen molar-refractivity contribution >= 4 is 39.2 Å². The smallest absolute Gasteiger partial charge is 0.251 e. The lowest BCUT2D eigenvalue weighted by molar-refractivity contribution is -0.132. The summed E-state index contributed by atoms with van der Waals surface area (Å²) in [5.74, 6) is -3.67. The highest BCUT2D eigenvalue weighted by atomic mass is 32.2. The largest absolute Gasteiger partial charge is 0.391 e. The summed E-state index contributed by atoms with van der Waals surface area (Å²) in [4.78, 5) is 51.9. The third kappa shape index (κ3) is 13.5. The maximum Gasteiger partial charge on any atom is 0.251 e. The van der Waals surface area contributed by atoms with Crippen LogP contribution in [0, 0.1) is 17.8 Å². The normalized spacial score (nSPS) is 13.9. The van der Waals surface area contributed by atoms with Crippen molar-refractivity contribution in [1.29, 1.82) is 0 Å². The molecule has 3 aromatic carbocycles. The molecule has 51 heavy (non-hydrogen) atoms. The Morgan fingerprint density at radius 3 is 1.92 bits per heavy atom. The molecule has 0 radical (unpaired) electrons. The second-order valence-corrected chi connectivity index (χ2v) is 15.8. The highest BCUT2D eigenvalue weighted by molar-refractivity contribution is 7.90. The molecule has 0 saturated heterocycles. The quantitative estimate of drug-likeness (QED) is 0.108. The van der Waals surface area contributed by atoms with Crippen LogP contribution in [-0.2, 0) is 31.7 Å². The number of benzene rings is 3. The number of carbonyl (C=O) groups is 4. The first kappa shape index (κ1) is 40.7. The van der Waals surface area contributed by atoms with Crippen molar-refractivity contribution in [2.75, 3.05) is 11.2 Å². The van der Waals surface area contributed by atoms with E-state index in [1.165, 1.54) is 18.2 Å². The summed E-state index contributed by atoms with van der Waals surface area (Å²) >= 11 is 0. The minimum Gasteiger partial charge on any atom is -0.391 e. The maximum atomic E-state index is 13.5. The molecule has 0 aliphatic heterocycles. The molecule has 3 aromatic rings. The van der Waals surface area contributed by atoms with Gasteiger partial charge in [-0.2, -0.15) is 0 Å². The summed E-state index contributed by atoms with van der Waals surface area (Å²) in [5, 5.41) is 22.6. The second-order valence-electron chi connectivity index (χ2n) is 13.7. The summed E-state index contributed by atoms with van der Waals surface area (Å²) < 4.78 is 25.5. The van der Waals surface area contributed by atoms with Gasteiger partial charge in [-0.05, 0) is 54.0 Å². The van der Waals surface area contributed by atoms with Gasteiger partial charge in [-0.3, -0.25) is 19.2 Å². The number of nitrogens with one attached hydrogen (secondary N) is 4. The molecule has 0 heterocycles. The Balaban J connectivity index is 1.68. The van der Waals surface area contributed by atoms with E-state index in [-0.39, 0.29) is 46.7 Å². The number of aliphatic hydroxyl groups excluding tert-OH is 1. The molecular formula is C38H51N5O7S. The van der Waals surface area contributed by atoms with E-state index < -0.39 is 57.5 Å². The van der Waals surface area contributed by atoms with Crippen molar-refractivity contribution in [3.63, 3.8) is 0 Å². The van der Waals surface area contributed by atoms with Crippen LogP contribution in [0.4, 0.5) is 5.69 Å². The summed E-state index contributed by atoms with van der Waals surface area (Å²) in [6.07, 6.45) is -0.773. The number of nitrogens with two attached hydrogens (primary N) is 1. The number of sulfone groups is 1. The Hall–Kier alpha value is -4.75. The highest BCUT2D eigenvalue weighted by Crippen LogP contribution is 2.20. The lowest BCUT2D eigenvalue weighted by Crippen LogP contribution is -2.51. The van der Waals surface area contributed by atoms with Gasteiger partial charge < -0.3 is 32.1 Å². The van der Waals surface area contributed by atoms with Crippen LogP contribution < -0.4 is 27.0 Å². The van der Waals surface area contributed by atoms with E-state index in [1.54, 1.807) is 37.3 Å². The topological polar surface area (TPSA) is 197 Å². The molecule has 0 saturated carbocycles. The van der Waals surface area contributed by atoms with Gasteiger partial charge in [0.05, 0.1) is 17.9 Å². The van der Waals surface area contributed by atoms with Crippen LogP contribution in [0.15, 0.2) is 78.9 Å². The predicted octanol–water partition coefficient (Wildman–Crippen LogP) is 3.76. The number of amides is 4. The molecule has 4 atom stereocenters. The molecule has 0 aliphatic carbocycles. The third-order valence-corrected chi connectivity index (χ3v) is 9.67. The maximum absolute atomic E-state index is 13.5. The Morgan fingerprint density at radius 1 is 0.765 bits per heavy atom. The monoisotopic (exact) mass is 721 g/mol. The molecule has 13 heteroatoms. The summed E-state index contributed by atoms with van der Waals surface area (Å²) in [6.45, 7) is 9.48. The number of carbonyl (C=O) groups excluding carboxylic acids is 4. The van der Waals surface area contributed by atoms with Gasteiger partial charge in [0, 0.05) is 29.3 Å². The van der Waals surface area contributed by atoms with Crippen LogP contribution in [0.3, 0.4) is 0 Å². The van der Waals surface area contributed by atoms with E-state index in [1.807, 2.05) is 58.0 Å². The molecule has 3 rings (SSSR count). The van der Waals surface area contributed by atoms with Crippen molar-refractivity contribution in [2.24, 2.45) is 23.5 Å². The van der Waals surface area contributed by atoms with Crippen LogP contribution in [0.25, 0.3) is 0 Å². The summed E-state index contributed by atoms with van der Waals surface area (Å²) in [5.41, 5.74) is 7.30. The lowest BCUT2D eigenvalue weighted by atomic mass is 9.91. The van der Waals surface area contributed by atoms with Crippen molar-refractivity contribution in [1.82, 2.24) is 16.0 Å². The average Bonchev–Trinajstić information content (AvgIpc) is 3.08. The molecule has 0 aliphatic rings. The highest BCUT2D eigenvalue weighted by Gasteiger charge is 2.30. The number of hydrogen-bond donors (Lipinski definition) is 6. The Labute approximate surface area is 300 Å². The number of primary amides is 1. The predicted molar refractivity (Wildman–Crippen MR) is 198 cm³/mol. The van der Waals surface area contributed by atoms with Crippen molar-refractivity contribution in [2.45, 2.75) is 77.9 Å². The van der Waals surface area contributed by atoms with Crippen molar-refractivity contribution in [3.8, 4) is 0 Å². The van der Waals surface area contributed by atoms with E-state index in [9.17, 15) is 32.7 Å². The minimum absolute atomic E-state index is 0.00659. The van der Waals surface area contributed by atoms with Gasteiger partial charge in [-0.1, -0.05) is 95.3 Å². The number of aliphatic hydroxyl groups is 1. The zero-order valence-corrected chi connectivity index (χ0v) is 30.7. The molecule has 4 amide bonds. The molecule has 0 bridgehead atoms. The SMILES string of the molecule is CC(C)C[C@H](NC(=O)c1cc(NCS(=O)(=O)Cc2ccccc2)cc(C(N)=O)c1)[C@@H](O)C[C@@H](C)C(=O)N[C@H](C(=O)NCc1ccccc1)C(C)C.